The summed E-state index contributed by atoms with van der Waals surface area (Å²) in [6, 6.07) is 16.1. The summed E-state index contributed by atoms with van der Waals surface area (Å²) in [6.45, 7) is 0. The molecule has 0 aromatic heterocycles. The number of carbonyl (C=O) groups is 2. The van der Waals surface area contributed by atoms with Crippen molar-refractivity contribution in [1.29, 1.82) is 0 Å². The molecule has 0 amide bonds. The first-order valence-electron chi connectivity index (χ1n) is 5.14. The predicted molar refractivity (Wildman–Crippen MR) is 61.5 cm³/mol. The molecule has 0 aliphatic carbocycles. The molecular formula is C14H10EuO4. The van der Waals surface area contributed by atoms with E-state index in [-0.39, 0.29) is 60.5 Å². The first-order chi connectivity index (χ1) is 8.61. The minimum Gasteiger partial charge on any atom is -0.545 e. The molecule has 0 N–H and O–H groups in total. The maximum Gasteiger partial charge on any atom is 2.00 e. The van der Waals surface area contributed by atoms with E-state index in [1.807, 2.05) is 0 Å². The maximum absolute atomic E-state index is 10.1. The van der Waals surface area contributed by atoms with E-state index in [4.69, 9.17) is 0 Å². The van der Waals surface area contributed by atoms with Gasteiger partial charge in [0.15, 0.2) is 0 Å². The van der Waals surface area contributed by atoms with E-state index < -0.39 is 11.9 Å². The van der Waals surface area contributed by atoms with Crippen molar-refractivity contribution in [3.05, 3.63) is 71.8 Å². The fourth-order valence-corrected chi connectivity index (χ4v) is 1.15. The molecule has 2 aromatic carbocycles. The summed E-state index contributed by atoms with van der Waals surface area (Å²) in [5, 5.41) is 20.2. The Morgan fingerprint density at radius 3 is 1.05 bits per heavy atom. The van der Waals surface area contributed by atoms with Gasteiger partial charge in [-0.3, -0.25) is 0 Å². The van der Waals surface area contributed by atoms with Gasteiger partial charge in [0, 0.05) is 0 Å². The molecule has 19 heavy (non-hydrogen) atoms. The first kappa shape index (κ1) is 18.0. The Bertz CT molecular complexity index is 462. The molecular weight excluding hydrogens is 384 g/mol. The van der Waals surface area contributed by atoms with Crippen LogP contribution in [0.15, 0.2) is 60.7 Å². The average molecular weight is 394 g/mol. The normalized spacial score (nSPS) is 8.42. The van der Waals surface area contributed by atoms with Crippen molar-refractivity contribution in [1.82, 2.24) is 0 Å². The Kier molecular flexibility index (Phi) is 9.30. The number of carboxylic acids is 2. The van der Waals surface area contributed by atoms with Crippen LogP contribution < -0.4 is 10.2 Å². The van der Waals surface area contributed by atoms with E-state index >= 15 is 0 Å². The second-order valence-electron chi connectivity index (χ2n) is 3.31. The monoisotopic (exact) mass is 395 g/mol. The molecule has 0 saturated heterocycles. The van der Waals surface area contributed by atoms with Gasteiger partial charge in [0.1, 0.15) is 0 Å². The van der Waals surface area contributed by atoms with Crippen LogP contribution in [-0.4, -0.2) is 11.9 Å². The molecule has 97 valence electrons. The quantitative estimate of drug-likeness (QED) is 0.724. The van der Waals surface area contributed by atoms with Gasteiger partial charge < -0.3 is 19.8 Å². The zero-order valence-electron chi connectivity index (χ0n) is 9.78. The Balaban J connectivity index is 0.000000324. The van der Waals surface area contributed by atoms with Crippen LogP contribution in [0.1, 0.15) is 20.7 Å². The van der Waals surface area contributed by atoms with Crippen molar-refractivity contribution in [2.45, 2.75) is 0 Å². The molecule has 0 heterocycles. The molecule has 0 fully saturated rings. The van der Waals surface area contributed by atoms with Gasteiger partial charge >= 0.3 is 49.4 Å². The van der Waals surface area contributed by atoms with Gasteiger partial charge in [-0.2, -0.15) is 0 Å². The van der Waals surface area contributed by atoms with Gasteiger partial charge in [-0.15, -0.1) is 0 Å². The Labute approximate surface area is 151 Å². The number of benzene rings is 2. The van der Waals surface area contributed by atoms with Crippen LogP contribution in [0, 0.1) is 49.4 Å². The molecule has 0 aliphatic rings. The Morgan fingerprint density at radius 2 is 0.895 bits per heavy atom. The van der Waals surface area contributed by atoms with Crippen molar-refractivity contribution < 1.29 is 69.2 Å². The van der Waals surface area contributed by atoms with E-state index in [0.717, 1.165) is 0 Å². The molecule has 0 atom stereocenters. The van der Waals surface area contributed by atoms with E-state index in [9.17, 15) is 19.8 Å². The number of rotatable bonds is 2. The molecule has 0 unspecified atom stereocenters. The largest absolute Gasteiger partial charge is 2.00 e. The van der Waals surface area contributed by atoms with Crippen LogP contribution >= 0.6 is 0 Å². The maximum atomic E-state index is 10.1. The first-order valence-corrected chi connectivity index (χ1v) is 5.14. The average Bonchev–Trinajstić information content (AvgIpc) is 2.41. The third-order valence-electron chi connectivity index (χ3n) is 2.02. The van der Waals surface area contributed by atoms with E-state index in [1.165, 1.54) is 24.3 Å². The van der Waals surface area contributed by atoms with Crippen molar-refractivity contribution >= 4 is 11.9 Å². The summed E-state index contributed by atoms with van der Waals surface area (Å²) in [7, 11) is 0. The fourth-order valence-electron chi connectivity index (χ4n) is 1.15. The SMILES string of the molecule is O=C([O-])c1ccccc1.O=C([O-])c1ccccc1.[Eu+2]. The van der Waals surface area contributed by atoms with Crippen LogP contribution in [0.4, 0.5) is 0 Å². The third-order valence-corrected chi connectivity index (χ3v) is 2.02. The number of aromatic carboxylic acids is 2. The van der Waals surface area contributed by atoms with Crippen LogP contribution in [-0.2, 0) is 0 Å². The molecule has 0 spiro atoms. The Hall–Kier alpha value is -1.04. The standard InChI is InChI=1S/2C7H6O2.Eu/c2*8-7(9)6-4-2-1-3-5-6;/h2*1-5H,(H,8,9);/q;;+2/p-2. The van der Waals surface area contributed by atoms with Crippen molar-refractivity contribution in [2.75, 3.05) is 0 Å². The summed E-state index contributed by atoms with van der Waals surface area (Å²) < 4.78 is 0. The second-order valence-corrected chi connectivity index (χ2v) is 3.31. The zero-order valence-corrected chi connectivity index (χ0v) is 12.2. The van der Waals surface area contributed by atoms with Gasteiger partial charge in [0.05, 0.1) is 11.9 Å². The molecule has 4 nitrogen and oxygen atoms in total. The van der Waals surface area contributed by atoms with Gasteiger partial charge in [-0.25, -0.2) is 0 Å². The molecule has 0 bridgehead atoms. The molecule has 2 aromatic rings. The zero-order chi connectivity index (χ0) is 13.4. The summed E-state index contributed by atoms with van der Waals surface area (Å²) in [4.78, 5) is 20.2. The van der Waals surface area contributed by atoms with Crippen LogP contribution in [0.25, 0.3) is 0 Å². The van der Waals surface area contributed by atoms with Crippen molar-refractivity contribution in [2.24, 2.45) is 0 Å². The predicted octanol–water partition coefficient (Wildman–Crippen LogP) is 0.100. The number of hydrogen-bond acceptors (Lipinski definition) is 4. The summed E-state index contributed by atoms with van der Waals surface area (Å²) in [5.74, 6) is -2.26. The van der Waals surface area contributed by atoms with Crippen LogP contribution in [0.3, 0.4) is 0 Å². The van der Waals surface area contributed by atoms with E-state index in [0.29, 0.717) is 0 Å². The van der Waals surface area contributed by atoms with Gasteiger partial charge in [-0.05, 0) is 11.1 Å². The molecule has 2 rings (SSSR count). The molecule has 0 saturated carbocycles. The van der Waals surface area contributed by atoms with Crippen molar-refractivity contribution in [3.63, 3.8) is 0 Å². The number of carbonyl (C=O) groups excluding carboxylic acids is 2. The van der Waals surface area contributed by atoms with E-state index in [1.54, 1.807) is 36.4 Å². The third kappa shape index (κ3) is 7.20. The second kappa shape index (κ2) is 9.84. The van der Waals surface area contributed by atoms with Gasteiger partial charge in [0.25, 0.3) is 0 Å². The van der Waals surface area contributed by atoms with Crippen molar-refractivity contribution in [3.8, 4) is 0 Å². The van der Waals surface area contributed by atoms with E-state index in [2.05, 4.69) is 0 Å². The van der Waals surface area contributed by atoms with Crippen LogP contribution in [0.5, 0.6) is 0 Å². The Morgan fingerprint density at radius 1 is 0.632 bits per heavy atom. The minimum atomic E-state index is -1.13. The summed E-state index contributed by atoms with van der Waals surface area (Å²) >= 11 is 0. The topological polar surface area (TPSA) is 80.3 Å². The molecule has 0 aliphatic heterocycles. The summed E-state index contributed by atoms with van der Waals surface area (Å²) in [5.41, 5.74) is 0.440. The number of hydrogen-bond donors (Lipinski definition) is 0. The van der Waals surface area contributed by atoms with Gasteiger partial charge in [-0.1, -0.05) is 60.7 Å². The minimum absolute atomic E-state index is 0. The summed E-state index contributed by atoms with van der Waals surface area (Å²) in [6.07, 6.45) is 0. The molecule has 5 heteroatoms. The van der Waals surface area contributed by atoms with Gasteiger partial charge in [0.2, 0.25) is 0 Å². The van der Waals surface area contributed by atoms with Crippen LogP contribution in [0.2, 0.25) is 0 Å². The smallest absolute Gasteiger partial charge is 0.545 e. The fraction of sp³-hybridized carbons (Fsp3) is 0. The number of carboxylic acid groups (broad SMARTS) is 2. The molecule has 1 radical (unpaired) electrons.